The van der Waals surface area contributed by atoms with Crippen molar-refractivity contribution < 1.29 is 33.0 Å². The third-order valence-corrected chi connectivity index (χ3v) is 4.17. The Kier molecular flexibility index (Phi) is 8.95. The first-order valence-corrected chi connectivity index (χ1v) is 10.2. The minimum atomic E-state index is -0.805. The lowest BCUT2D eigenvalue weighted by atomic mass is 10.2. The second kappa shape index (κ2) is 10.5. The van der Waals surface area contributed by atoms with Crippen molar-refractivity contribution in [2.75, 3.05) is 23.5 Å². The summed E-state index contributed by atoms with van der Waals surface area (Å²) >= 11 is 1.07. The van der Waals surface area contributed by atoms with Gasteiger partial charge in [0, 0.05) is 16.7 Å². The van der Waals surface area contributed by atoms with Gasteiger partial charge in [0.1, 0.15) is 17.0 Å². The van der Waals surface area contributed by atoms with Crippen LogP contribution in [0.3, 0.4) is 0 Å². The Morgan fingerprint density at radius 2 is 1.40 bits per heavy atom. The summed E-state index contributed by atoms with van der Waals surface area (Å²) < 4.78 is 29.5. The van der Waals surface area contributed by atoms with Crippen LogP contribution in [0.2, 0.25) is 0 Å². The summed E-state index contributed by atoms with van der Waals surface area (Å²) in [5.41, 5.74) is -1.38. The van der Waals surface area contributed by atoms with E-state index in [9.17, 15) is 18.8 Å². The maximum absolute atomic E-state index is 14.6. The number of hydrogen-bond acceptors (Lipinski definition) is 7. The fraction of sp³-hybridized carbons (Fsp3) is 0.550. The van der Waals surface area contributed by atoms with Crippen molar-refractivity contribution in [2.24, 2.45) is 0 Å². The van der Waals surface area contributed by atoms with Gasteiger partial charge in [-0.2, -0.15) is 0 Å². The van der Waals surface area contributed by atoms with Crippen LogP contribution < -0.4 is 10.6 Å². The Bertz CT molecular complexity index is 787. The quantitative estimate of drug-likeness (QED) is 0.354. The molecule has 0 atom stereocenters. The van der Waals surface area contributed by atoms with Gasteiger partial charge in [0.2, 0.25) is 0 Å². The Morgan fingerprint density at radius 3 is 1.83 bits per heavy atom. The highest BCUT2D eigenvalue weighted by molar-refractivity contribution is 7.99. The first-order valence-electron chi connectivity index (χ1n) is 9.23. The Balaban J connectivity index is 3.11. The molecule has 10 heteroatoms. The molecule has 1 aromatic carbocycles. The largest absolute Gasteiger partial charge is 0.469 e. The number of benzene rings is 1. The highest BCUT2D eigenvalue weighted by Gasteiger charge is 2.22. The van der Waals surface area contributed by atoms with E-state index in [1.807, 2.05) is 0 Å². The zero-order chi connectivity index (χ0) is 23.1. The van der Waals surface area contributed by atoms with Gasteiger partial charge in [-0.15, -0.1) is 11.8 Å². The second-order valence-corrected chi connectivity index (χ2v) is 9.39. The fourth-order valence-corrected chi connectivity index (χ4v) is 2.93. The second-order valence-electron chi connectivity index (χ2n) is 8.26. The molecule has 0 saturated heterocycles. The molecule has 0 aliphatic rings. The third kappa shape index (κ3) is 9.82. The van der Waals surface area contributed by atoms with E-state index >= 15 is 0 Å². The van der Waals surface area contributed by atoms with Crippen LogP contribution in [0.1, 0.15) is 48.0 Å². The van der Waals surface area contributed by atoms with E-state index < -0.39 is 35.2 Å². The molecule has 0 spiro atoms. The number of carbonyl (C=O) groups excluding carboxylic acids is 3. The van der Waals surface area contributed by atoms with Gasteiger partial charge in [-0.05, 0) is 47.6 Å². The molecule has 168 valence electrons. The normalized spacial score (nSPS) is 11.5. The number of nitrogens with one attached hydrogen (secondary N) is 2. The van der Waals surface area contributed by atoms with E-state index in [4.69, 9.17) is 9.47 Å². The van der Waals surface area contributed by atoms with Crippen LogP contribution in [-0.2, 0) is 19.0 Å². The lowest BCUT2D eigenvalue weighted by molar-refractivity contribution is -0.140. The summed E-state index contributed by atoms with van der Waals surface area (Å²) in [5.74, 6) is -0.780. The molecule has 0 unspecified atom stereocenters. The zero-order valence-electron chi connectivity index (χ0n) is 18.3. The maximum atomic E-state index is 14.6. The molecular weight excluding hydrogens is 415 g/mol. The first-order chi connectivity index (χ1) is 13.7. The highest BCUT2D eigenvalue weighted by atomic mass is 32.2. The summed E-state index contributed by atoms with van der Waals surface area (Å²) in [6.45, 7) is 10.2. The van der Waals surface area contributed by atoms with Gasteiger partial charge in [0.25, 0.3) is 0 Å². The molecule has 0 aliphatic heterocycles. The van der Waals surface area contributed by atoms with Gasteiger partial charge in [0.05, 0.1) is 24.9 Å². The minimum absolute atomic E-state index is 0.00456. The molecule has 2 amide bonds. The summed E-state index contributed by atoms with van der Waals surface area (Å²) in [4.78, 5) is 35.7. The number of carbonyl (C=O) groups is 3. The van der Waals surface area contributed by atoms with Crippen molar-refractivity contribution >= 4 is 41.3 Å². The van der Waals surface area contributed by atoms with Crippen LogP contribution >= 0.6 is 11.8 Å². The Morgan fingerprint density at radius 1 is 0.933 bits per heavy atom. The van der Waals surface area contributed by atoms with Gasteiger partial charge in [-0.1, -0.05) is 0 Å². The third-order valence-electron chi connectivity index (χ3n) is 3.13. The van der Waals surface area contributed by atoms with E-state index in [0.29, 0.717) is 0 Å². The predicted octanol–water partition coefficient (Wildman–Crippen LogP) is 5.17. The molecular formula is C20H29FN2O6S. The van der Waals surface area contributed by atoms with E-state index in [-0.39, 0.29) is 28.4 Å². The molecule has 0 aromatic heterocycles. The molecule has 0 fully saturated rings. The van der Waals surface area contributed by atoms with Crippen molar-refractivity contribution in [1.29, 1.82) is 0 Å². The van der Waals surface area contributed by atoms with Crippen LogP contribution in [0.15, 0.2) is 17.0 Å². The molecule has 0 saturated carbocycles. The van der Waals surface area contributed by atoms with Gasteiger partial charge in [-0.3, -0.25) is 15.4 Å². The summed E-state index contributed by atoms with van der Waals surface area (Å²) in [7, 11) is 1.27. The van der Waals surface area contributed by atoms with Crippen molar-refractivity contribution in [3.8, 4) is 0 Å². The smallest absolute Gasteiger partial charge is 0.412 e. The fourth-order valence-electron chi connectivity index (χ4n) is 2.04. The van der Waals surface area contributed by atoms with E-state index in [0.717, 1.165) is 17.8 Å². The number of halogens is 1. The number of thioether (sulfide) groups is 1. The Hall–Kier alpha value is -2.49. The van der Waals surface area contributed by atoms with E-state index in [1.165, 1.54) is 13.2 Å². The van der Waals surface area contributed by atoms with Crippen LogP contribution in [0.5, 0.6) is 0 Å². The number of ether oxygens (including phenoxy) is 3. The average Bonchev–Trinajstić information content (AvgIpc) is 2.54. The molecule has 2 N–H and O–H groups in total. The van der Waals surface area contributed by atoms with Gasteiger partial charge < -0.3 is 14.2 Å². The summed E-state index contributed by atoms with van der Waals surface area (Å²) in [6, 6.07) is 2.42. The summed E-state index contributed by atoms with van der Waals surface area (Å²) in [6.07, 6.45) is -1.49. The van der Waals surface area contributed by atoms with Crippen molar-refractivity contribution in [2.45, 2.75) is 64.1 Å². The lowest BCUT2D eigenvalue weighted by Gasteiger charge is -2.22. The number of rotatable bonds is 6. The van der Waals surface area contributed by atoms with Gasteiger partial charge in [-0.25, -0.2) is 14.0 Å². The van der Waals surface area contributed by atoms with Crippen molar-refractivity contribution in [1.82, 2.24) is 0 Å². The van der Waals surface area contributed by atoms with Crippen LogP contribution in [0, 0.1) is 5.82 Å². The Labute approximate surface area is 180 Å². The number of esters is 1. The molecule has 1 aromatic rings. The monoisotopic (exact) mass is 444 g/mol. The molecule has 0 radical (unpaired) electrons. The van der Waals surface area contributed by atoms with Crippen molar-refractivity contribution in [3.05, 3.63) is 17.9 Å². The van der Waals surface area contributed by atoms with E-state index in [1.54, 1.807) is 41.5 Å². The first kappa shape index (κ1) is 25.5. The summed E-state index contributed by atoms with van der Waals surface area (Å²) in [5, 5.41) is 4.94. The van der Waals surface area contributed by atoms with E-state index in [2.05, 4.69) is 15.4 Å². The van der Waals surface area contributed by atoms with Crippen LogP contribution in [-0.4, -0.2) is 42.2 Å². The van der Waals surface area contributed by atoms with Crippen LogP contribution in [0.25, 0.3) is 0 Å². The predicted molar refractivity (Wildman–Crippen MR) is 113 cm³/mol. The molecule has 1 rings (SSSR count). The molecule has 0 heterocycles. The molecule has 0 bridgehead atoms. The number of hydrogen-bond donors (Lipinski definition) is 2. The molecule has 8 nitrogen and oxygen atoms in total. The average molecular weight is 445 g/mol. The molecule has 30 heavy (non-hydrogen) atoms. The number of methoxy groups -OCH3 is 1. The molecule has 0 aliphatic carbocycles. The van der Waals surface area contributed by atoms with Gasteiger partial charge in [0.15, 0.2) is 0 Å². The number of amides is 2. The van der Waals surface area contributed by atoms with Crippen LogP contribution in [0.4, 0.5) is 25.4 Å². The zero-order valence-corrected chi connectivity index (χ0v) is 19.1. The maximum Gasteiger partial charge on any atom is 0.412 e. The minimum Gasteiger partial charge on any atom is -0.469 e. The lowest BCUT2D eigenvalue weighted by Crippen LogP contribution is -2.29. The van der Waals surface area contributed by atoms with Gasteiger partial charge >= 0.3 is 18.2 Å². The number of anilines is 2. The topological polar surface area (TPSA) is 103 Å². The SMILES string of the molecule is COC(=O)CCSc1cc(NC(=O)OC(C)(C)C)c(NC(=O)OC(C)(C)C)cc1F. The standard InChI is InChI=1S/C20H29FN2O6S/c1-19(2,3)28-17(25)22-13-10-12(21)15(30-9-8-16(24)27-7)11-14(13)23-18(26)29-20(4,5)6/h10-11H,8-9H2,1-7H3,(H,22,25)(H,23,26). The highest BCUT2D eigenvalue weighted by Crippen LogP contribution is 2.32. The van der Waals surface area contributed by atoms with Crippen molar-refractivity contribution in [3.63, 3.8) is 0 Å².